The van der Waals surface area contributed by atoms with E-state index in [1.54, 1.807) is 19.5 Å². The smallest absolute Gasteiger partial charge is 0.254 e. The molecule has 3 aromatic rings. The Bertz CT molecular complexity index is 1080. The molecule has 3 rings (SSSR count). The van der Waals surface area contributed by atoms with E-state index in [0.717, 1.165) is 27.9 Å². The van der Waals surface area contributed by atoms with Gasteiger partial charge in [0.1, 0.15) is 0 Å². The number of aromatic amines is 1. The molecule has 0 aromatic carbocycles. The Morgan fingerprint density at radius 1 is 1.36 bits per heavy atom. The number of aryl methyl sites for hydroxylation is 2. The Balaban J connectivity index is 1.97. The third kappa shape index (κ3) is 3.57. The Kier molecular flexibility index (Phi) is 5.65. The molecule has 7 heteroatoms. The summed E-state index contributed by atoms with van der Waals surface area (Å²) in [4.78, 5) is 32.3. The number of fused-ring (bicyclic) bond motifs is 1. The number of ether oxygens (including phenoxy) is 1. The molecule has 7 nitrogen and oxygen atoms in total. The molecule has 0 radical (unpaired) electrons. The highest BCUT2D eigenvalue weighted by atomic mass is 16.5. The second-order valence-corrected chi connectivity index (χ2v) is 7.15. The highest BCUT2D eigenvalue weighted by Gasteiger charge is 2.22. The van der Waals surface area contributed by atoms with Crippen molar-refractivity contribution < 1.29 is 9.53 Å². The highest BCUT2D eigenvalue weighted by Crippen LogP contribution is 2.28. The predicted octanol–water partition coefficient (Wildman–Crippen LogP) is 2.79. The fraction of sp³-hybridized carbons (Fsp3) is 0.381. The second kappa shape index (κ2) is 7.98. The van der Waals surface area contributed by atoms with Crippen LogP contribution in [0, 0.1) is 20.8 Å². The number of methoxy groups -OCH3 is 1. The van der Waals surface area contributed by atoms with Crippen LogP contribution in [0.3, 0.4) is 0 Å². The largest absolute Gasteiger partial charge is 0.383 e. The van der Waals surface area contributed by atoms with Gasteiger partial charge in [0.05, 0.1) is 29.9 Å². The van der Waals surface area contributed by atoms with Crippen molar-refractivity contribution in [2.45, 2.75) is 40.3 Å². The molecule has 0 saturated carbocycles. The summed E-state index contributed by atoms with van der Waals surface area (Å²) in [5, 5.41) is 3.75. The van der Waals surface area contributed by atoms with Gasteiger partial charge in [-0.2, -0.15) is 0 Å². The Labute approximate surface area is 163 Å². The zero-order chi connectivity index (χ0) is 20.4. The minimum absolute atomic E-state index is 0.0560. The van der Waals surface area contributed by atoms with Crippen molar-refractivity contribution in [2.75, 3.05) is 13.7 Å². The average molecular weight is 382 g/mol. The van der Waals surface area contributed by atoms with Gasteiger partial charge in [-0.1, -0.05) is 0 Å². The van der Waals surface area contributed by atoms with Crippen LogP contribution in [0.5, 0.6) is 0 Å². The van der Waals surface area contributed by atoms with Crippen molar-refractivity contribution in [1.29, 1.82) is 0 Å². The van der Waals surface area contributed by atoms with E-state index in [-0.39, 0.29) is 24.1 Å². The number of amides is 1. The molecule has 0 bridgehead atoms. The Morgan fingerprint density at radius 2 is 2.11 bits per heavy atom. The molecule has 148 valence electrons. The van der Waals surface area contributed by atoms with E-state index < -0.39 is 0 Å². The lowest BCUT2D eigenvalue weighted by Gasteiger charge is -2.16. The third-order valence-electron chi connectivity index (χ3n) is 5.05. The third-order valence-corrected chi connectivity index (χ3v) is 5.05. The van der Waals surface area contributed by atoms with Crippen molar-refractivity contribution in [3.05, 3.63) is 63.0 Å². The number of nitrogens with zero attached hydrogens (tertiary/aromatic N) is 2. The van der Waals surface area contributed by atoms with Gasteiger partial charge in [-0.05, 0) is 45.4 Å². The minimum atomic E-state index is -0.212. The number of H-pyrrole nitrogens is 1. The van der Waals surface area contributed by atoms with E-state index in [9.17, 15) is 9.59 Å². The molecule has 0 aliphatic heterocycles. The van der Waals surface area contributed by atoms with Gasteiger partial charge in [0, 0.05) is 42.2 Å². The number of hydrogen-bond donors (Lipinski definition) is 2. The van der Waals surface area contributed by atoms with Crippen LogP contribution in [0.1, 0.15) is 45.8 Å². The van der Waals surface area contributed by atoms with Crippen LogP contribution in [0.15, 0.2) is 29.3 Å². The van der Waals surface area contributed by atoms with Gasteiger partial charge in [0.25, 0.3) is 11.5 Å². The van der Waals surface area contributed by atoms with Crippen molar-refractivity contribution in [3.63, 3.8) is 0 Å². The van der Waals surface area contributed by atoms with Crippen LogP contribution in [0.25, 0.3) is 10.9 Å². The zero-order valence-corrected chi connectivity index (χ0v) is 16.9. The zero-order valence-electron chi connectivity index (χ0n) is 16.9. The summed E-state index contributed by atoms with van der Waals surface area (Å²) in [5.74, 6) is -0.212. The first-order valence-corrected chi connectivity index (χ1v) is 9.26. The Morgan fingerprint density at radius 3 is 2.79 bits per heavy atom. The van der Waals surface area contributed by atoms with E-state index >= 15 is 0 Å². The van der Waals surface area contributed by atoms with Gasteiger partial charge in [-0.15, -0.1) is 0 Å². The van der Waals surface area contributed by atoms with Crippen LogP contribution < -0.4 is 10.9 Å². The topological polar surface area (TPSA) is 89.0 Å². The van der Waals surface area contributed by atoms with Gasteiger partial charge in [0.15, 0.2) is 0 Å². The molecule has 28 heavy (non-hydrogen) atoms. The summed E-state index contributed by atoms with van der Waals surface area (Å²) < 4.78 is 7.37. The van der Waals surface area contributed by atoms with Crippen LogP contribution in [-0.4, -0.2) is 34.2 Å². The first-order valence-electron chi connectivity index (χ1n) is 9.26. The monoisotopic (exact) mass is 382 g/mol. The lowest BCUT2D eigenvalue weighted by Crippen LogP contribution is -2.28. The fourth-order valence-corrected chi connectivity index (χ4v) is 3.81. The molecule has 1 amide bonds. The van der Waals surface area contributed by atoms with Crippen LogP contribution in [-0.2, 0) is 11.3 Å². The maximum atomic E-state index is 13.0. The lowest BCUT2D eigenvalue weighted by molar-refractivity contribution is 0.0951. The molecule has 1 unspecified atom stereocenters. The molecule has 0 aliphatic rings. The van der Waals surface area contributed by atoms with Crippen LogP contribution >= 0.6 is 0 Å². The van der Waals surface area contributed by atoms with E-state index in [0.29, 0.717) is 17.7 Å². The fourth-order valence-electron chi connectivity index (χ4n) is 3.81. The van der Waals surface area contributed by atoms with Crippen LogP contribution in [0.4, 0.5) is 0 Å². The Hall–Kier alpha value is -2.93. The number of aromatic nitrogens is 3. The van der Waals surface area contributed by atoms with E-state index in [1.807, 2.05) is 39.8 Å². The maximum absolute atomic E-state index is 13.0. The number of hydrogen-bond acceptors (Lipinski definition) is 4. The molecule has 0 aliphatic carbocycles. The lowest BCUT2D eigenvalue weighted by atomic mass is 10.1. The van der Waals surface area contributed by atoms with Gasteiger partial charge >= 0.3 is 0 Å². The summed E-state index contributed by atoms with van der Waals surface area (Å²) in [6, 6.07) is 3.80. The standard InChI is InChI=1S/C21H26N4O3/c1-12-8-13(2)24-20(26)17(12)9-23-21(27)19-15(4)25(14(3)11-28-5)18-10-22-7-6-16(18)19/h6-8,10,14H,9,11H2,1-5H3,(H,23,27)(H,24,26). The van der Waals surface area contributed by atoms with Crippen molar-refractivity contribution >= 4 is 16.8 Å². The van der Waals surface area contributed by atoms with E-state index in [1.165, 1.54) is 0 Å². The van der Waals surface area contributed by atoms with E-state index in [2.05, 4.69) is 19.9 Å². The SMILES string of the molecule is COCC(C)n1c(C)c(C(=O)NCc2c(C)cc(C)[nH]c2=O)c2ccncc21. The van der Waals surface area contributed by atoms with E-state index in [4.69, 9.17) is 4.74 Å². The number of carbonyl (C=O) groups is 1. The summed E-state index contributed by atoms with van der Waals surface area (Å²) in [6.45, 7) is 8.37. The molecule has 2 N–H and O–H groups in total. The minimum Gasteiger partial charge on any atom is -0.383 e. The number of nitrogens with one attached hydrogen (secondary N) is 2. The second-order valence-electron chi connectivity index (χ2n) is 7.15. The van der Waals surface area contributed by atoms with Gasteiger partial charge in [-0.3, -0.25) is 14.6 Å². The van der Waals surface area contributed by atoms with Gasteiger partial charge in [0.2, 0.25) is 0 Å². The van der Waals surface area contributed by atoms with Gasteiger partial charge in [-0.25, -0.2) is 0 Å². The highest BCUT2D eigenvalue weighted by molar-refractivity contribution is 6.08. The summed E-state index contributed by atoms with van der Waals surface area (Å²) >= 11 is 0. The summed E-state index contributed by atoms with van der Waals surface area (Å²) in [6.07, 6.45) is 3.44. The normalized spacial score (nSPS) is 12.3. The number of pyridine rings is 2. The molecule has 0 spiro atoms. The number of carbonyl (C=O) groups excluding carboxylic acids is 1. The molecule has 3 heterocycles. The van der Waals surface area contributed by atoms with Crippen LogP contribution in [0.2, 0.25) is 0 Å². The summed E-state index contributed by atoms with van der Waals surface area (Å²) in [7, 11) is 1.66. The molecular formula is C21H26N4O3. The van der Waals surface area contributed by atoms with Crippen molar-refractivity contribution in [2.24, 2.45) is 0 Å². The van der Waals surface area contributed by atoms with Gasteiger partial charge < -0.3 is 19.6 Å². The average Bonchev–Trinajstić information content (AvgIpc) is 2.92. The maximum Gasteiger partial charge on any atom is 0.254 e. The molecular weight excluding hydrogens is 356 g/mol. The predicted molar refractivity (Wildman–Crippen MR) is 109 cm³/mol. The first kappa shape index (κ1) is 19.8. The quantitative estimate of drug-likeness (QED) is 0.686. The summed E-state index contributed by atoms with van der Waals surface area (Å²) in [5.41, 5.74) is 4.39. The molecule has 0 saturated heterocycles. The molecule has 0 fully saturated rings. The van der Waals surface area contributed by atoms with Crippen molar-refractivity contribution in [3.8, 4) is 0 Å². The van der Waals surface area contributed by atoms with Crippen molar-refractivity contribution in [1.82, 2.24) is 19.9 Å². The number of rotatable bonds is 6. The first-order chi connectivity index (χ1) is 13.3. The molecule has 1 atom stereocenters. The molecule has 3 aromatic heterocycles.